The number of ether oxygens (including phenoxy) is 1. The van der Waals surface area contributed by atoms with Crippen molar-refractivity contribution in [2.24, 2.45) is 0 Å². The number of para-hydroxylation sites is 1. The van der Waals surface area contributed by atoms with Gasteiger partial charge in [0.05, 0.1) is 11.4 Å². The monoisotopic (exact) mass is 378 g/mol. The standard InChI is InChI=1S/C19H26N2O4S/c1-2-26(23,24)21-14-19(15-6-3-4-7-16(15)21)9-11-20(12-10-19)18(22)17-8-5-13-25-17/h3-4,6-7,17H,2,5,8-14H2,1H3/t17-/m1/s1. The smallest absolute Gasteiger partial charge is 0.251 e. The number of anilines is 1. The Morgan fingerprint density at radius 2 is 2.00 bits per heavy atom. The number of sulfonamides is 1. The van der Waals surface area contributed by atoms with E-state index in [-0.39, 0.29) is 23.2 Å². The lowest BCUT2D eigenvalue weighted by atomic mass is 9.74. The van der Waals surface area contributed by atoms with Gasteiger partial charge in [0.2, 0.25) is 10.0 Å². The van der Waals surface area contributed by atoms with Crippen LogP contribution in [-0.4, -0.2) is 57.3 Å². The van der Waals surface area contributed by atoms with E-state index < -0.39 is 10.0 Å². The number of amides is 1. The Balaban J connectivity index is 1.56. The second-order valence-corrected chi connectivity index (χ2v) is 9.71. The first kappa shape index (κ1) is 17.8. The fourth-order valence-electron chi connectivity index (χ4n) is 4.55. The van der Waals surface area contributed by atoms with Gasteiger partial charge in [-0.3, -0.25) is 9.10 Å². The van der Waals surface area contributed by atoms with Crippen molar-refractivity contribution in [3.63, 3.8) is 0 Å². The molecule has 1 spiro atoms. The molecule has 26 heavy (non-hydrogen) atoms. The molecule has 1 aromatic rings. The molecule has 1 atom stereocenters. The van der Waals surface area contributed by atoms with Crippen molar-refractivity contribution in [1.29, 1.82) is 0 Å². The number of benzene rings is 1. The van der Waals surface area contributed by atoms with Crippen LogP contribution in [0.15, 0.2) is 24.3 Å². The predicted molar refractivity (Wildman–Crippen MR) is 99.7 cm³/mol. The highest BCUT2D eigenvalue weighted by Crippen LogP contribution is 2.48. The molecule has 3 heterocycles. The van der Waals surface area contributed by atoms with Crippen LogP contribution in [0.25, 0.3) is 0 Å². The van der Waals surface area contributed by atoms with E-state index in [9.17, 15) is 13.2 Å². The number of piperidine rings is 1. The molecule has 1 amide bonds. The van der Waals surface area contributed by atoms with Crippen LogP contribution in [0.3, 0.4) is 0 Å². The Hall–Kier alpha value is -1.60. The lowest BCUT2D eigenvalue weighted by Crippen LogP contribution is -2.50. The zero-order valence-electron chi connectivity index (χ0n) is 15.2. The Labute approximate surface area is 155 Å². The molecule has 1 aromatic carbocycles. The van der Waals surface area contributed by atoms with Crippen molar-refractivity contribution in [2.45, 2.75) is 44.1 Å². The Kier molecular flexibility index (Phi) is 4.47. The molecule has 2 saturated heterocycles. The van der Waals surface area contributed by atoms with Gasteiger partial charge in [0.1, 0.15) is 6.10 Å². The van der Waals surface area contributed by atoms with Crippen LogP contribution in [0.5, 0.6) is 0 Å². The van der Waals surface area contributed by atoms with Crippen molar-refractivity contribution < 1.29 is 17.9 Å². The first-order valence-electron chi connectivity index (χ1n) is 9.47. The minimum absolute atomic E-state index is 0.0983. The summed E-state index contributed by atoms with van der Waals surface area (Å²) >= 11 is 0. The minimum Gasteiger partial charge on any atom is -0.368 e. The maximum atomic E-state index is 12.6. The number of fused-ring (bicyclic) bond motifs is 2. The third-order valence-electron chi connectivity index (χ3n) is 6.13. The van der Waals surface area contributed by atoms with Gasteiger partial charge in [0, 0.05) is 31.7 Å². The number of carbonyl (C=O) groups excluding carboxylic acids is 1. The fraction of sp³-hybridized carbons (Fsp3) is 0.632. The maximum Gasteiger partial charge on any atom is 0.251 e. The van der Waals surface area contributed by atoms with Crippen molar-refractivity contribution in [3.05, 3.63) is 29.8 Å². The van der Waals surface area contributed by atoms with Gasteiger partial charge in [-0.1, -0.05) is 18.2 Å². The second-order valence-electron chi connectivity index (χ2n) is 7.53. The topological polar surface area (TPSA) is 66.9 Å². The van der Waals surface area contributed by atoms with Crippen LogP contribution in [0.1, 0.15) is 38.2 Å². The summed E-state index contributed by atoms with van der Waals surface area (Å²) in [6.45, 7) is 4.17. The first-order chi connectivity index (χ1) is 12.5. The number of rotatable bonds is 3. The summed E-state index contributed by atoms with van der Waals surface area (Å²) in [4.78, 5) is 14.5. The van der Waals surface area contributed by atoms with Crippen LogP contribution in [0, 0.1) is 0 Å². The first-order valence-corrected chi connectivity index (χ1v) is 11.1. The summed E-state index contributed by atoms with van der Waals surface area (Å²) in [7, 11) is -3.30. The molecule has 6 nitrogen and oxygen atoms in total. The highest BCUT2D eigenvalue weighted by atomic mass is 32.2. The normalized spacial score (nSPS) is 24.9. The van der Waals surface area contributed by atoms with Crippen molar-refractivity contribution >= 4 is 21.6 Å². The largest absolute Gasteiger partial charge is 0.368 e. The molecule has 2 fully saturated rings. The Morgan fingerprint density at radius 1 is 1.27 bits per heavy atom. The van der Waals surface area contributed by atoms with E-state index in [0.29, 0.717) is 26.2 Å². The van der Waals surface area contributed by atoms with E-state index in [4.69, 9.17) is 4.74 Å². The average Bonchev–Trinajstić information content (AvgIpc) is 3.30. The number of likely N-dealkylation sites (tertiary alicyclic amines) is 1. The number of hydrogen-bond donors (Lipinski definition) is 0. The van der Waals surface area contributed by atoms with E-state index in [2.05, 4.69) is 6.07 Å². The quantitative estimate of drug-likeness (QED) is 0.806. The second kappa shape index (κ2) is 6.53. The summed E-state index contributed by atoms with van der Waals surface area (Å²) in [5.74, 6) is 0.197. The van der Waals surface area contributed by atoms with Gasteiger partial charge in [0.25, 0.3) is 5.91 Å². The molecule has 142 valence electrons. The number of hydrogen-bond acceptors (Lipinski definition) is 4. The van der Waals surface area contributed by atoms with Crippen LogP contribution >= 0.6 is 0 Å². The average molecular weight is 378 g/mol. The van der Waals surface area contributed by atoms with Crippen LogP contribution < -0.4 is 4.31 Å². The molecule has 0 aromatic heterocycles. The van der Waals surface area contributed by atoms with Crippen LogP contribution in [0.4, 0.5) is 5.69 Å². The Bertz CT molecular complexity index is 794. The van der Waals surface area contributed by atoms with Crippen molar-refractivity contribution in [1.82, 2.24) is 4.90 Å². The third kappa shape index (κ3) is 2.81. The predicted octanol–water partition coefficient (Wildman–Crippen LogP) is 1.90. The maximum absolute atomic E-state index is 12.6. The van der Waals surface area contributed by atoms with Crippen LogP contribution in [0.2, 0.25) is 0 Å². The van der Waals surface area contributed by atoms with E-state index >= 15 is 0 Å². The van der Waals surface area contributed by atoms with Gasteiger partial charge in [-0.15, -0.1) is 0 Å². The van der Waals surface area contributed by atoms with Crippen molar-refractivity contribution in [3.8, 4) is 0 Å². The molecule has 0 aliphatic carbocycles. The highest BCUT2D eigenvalue weighted by molar-refractivity contribution is 7.92. The fourth-order valence-corrected chi connectivity index (χ4v) is 5.76. The lowest BCUT2D eigenvalue weighted by molar-refractivity contribution is -0.142. The molecule has 0 saturated carbocycles. The molecule has 3 aliphatic rings. The lowest BCUT2D eigenvalue weighted by Gasteiger charge is -2.40. The van der Waals surface area contributed by atoms with E-state index in [1.807, 2.05) is 23.1 Å². The SMILES string of the molecule is CCS(=O)(=O)N1CC2(CCN(C(=O)[C@H]3CCCO3)CC2)c2ccccc21. The van der Waals surface area contributed by atoms with Gasteiger partial charge in [-0.2, -0.15) is 0 Å². The number of nitrogens with zero attached hydrogens (tertiary/aromatic N) is 2. The Morgan fingerprint density at radius 3 is 2.65 bits per heavy atom. The van der Waals surface area contributed by atoms with E-state index in [0.717, 1.165) is 36.9 Å². The van der Waals surface area contributed by atoms with E-state index in [1.165, 1.54) is 0 Å². The molecule has 0 unspecified atom stereocenters. The number of carbonyl (C=O) groups is 1. The van der Waals surface area contributed by atoms with Gasteiger partial charge in [-0.05, 0) is 44.2 Å². The summed E-state index contributed by atoms with van der Waals surface area (Å²) in [5, 5.41) is 0. The van der Waals surface area contributed by atoms with Gasteiger partial charge < -0.3 is 9.64 Å². The molecule has 0 bridgehead atoms. The molecule has 4 rings (SSSR count). The van der Waals surface area contributed by atoms with Crippen molar-refractivity contribution in [2.75, 3.05) is 36.3 Å². The summed E-state index contributed by atoms with van der Waals surface area (Å²) in [6.07, 6.45) is 3.06. The molecular formula is C19H26N2O4S. The molecule has 0 N–H and O–H groups in total. The molecule has 0 radical (unpaired) electrons. The zero-order valence-corrected chi connectivity index (χ0v) is 16.0. The minimum atomic E-state index is -3.30. The van der Waals surface area contributed by atoms with Gasteiger partial charge in [0.15, 0.2) is 0 Å². The summed E-state index contributed by atoms with van der Waals surface area (Å²) in [5.41, 5.74) is 1.74. The molecule has 3 aliphatic heterocycles. The highest BCUT2D eigenvalue weighted by Gasteiger charge is 2.48. The van der Waals surface area contributed by atoms with Gasteiger partial charge >= 0.3 is 0 Å². The van der Waals surface area contributed by atoms with Crippen LogP contribution in [-0.2, 0) is 25.0 Å². The zero-order chi connectivity index (χ0) is 18.4. The molecule has 7 heteroatoms. The van der Waals surface area contributed by atoms with E-state index in [1.54, 1.807) is 11.2 Å². The third-order valence-corrected chi connectivity index (χ3v) is 7.86. The van der Waals surface area contributed by atoms with Gasteiger partial charge in [-0.25, -0.2) is 8.42 Å². The summed E-state index contributed by atoms with van der Waals surface area (Å²) in [6, 6.07) is 7.83. The summed E-state index contributed by atoms with van der Waals surface area (Å²) < 4.78 is 32.3. The molecular weight excluding hydrogens is 352 g/mol.